The van der Waals surface area contributed by atoms with Gasteiger partial charge in [0.25, 0.3) is 0 Å². The fourth-order valence-corrected chi connectivity index (χ4v) is 3.87. The number of hydrogen-bond donors (Lipinski definition) is 1. The highest BCUT2D eigenvalue weighted by Gasteiger charge is 2.17. The molecule has 1 aromatic heterocycles. The van der Waals surface area contributed by atoms with E-state index in [1.54, 1.807) is 6.08 Å². The Hall–Kier alpha value is -1.59. The van der Waals surface area contributed by atoms with Gasteiger partial charge in [0.15, 0.2) is 0 Å². The van der Waals surface area contributed by atoms with E-state index in [4.69, 9.17) is 5.11 Å². The van der Waals surface area contributed by atoms with E-state index in [0.717, 1.165) is 41.3 Å². The number of halogens is 1. The summed E-state index contributed by atoms with van der Waals surface area (Å²) in [6.45, 7) is 1.96. The van der Waals surface area contributed by atoms with E-state index in [1.165, 1.54) is 10.4 Å². The zero-order valence-corrected chi connectivity index (χ0v) is 13.7. The lowest BCUT2D eigenvalue weighted by Crippen LogP contribution is -2.29. The van der Waals surface area contributed by atoms with Gasteiger partial charge in [-0.3, -0.25) is 0 Å². The van der Waals surface area contributed by atoms with Crippen molar-refractivity contribution in [2.45, 2.75) is 13.0 Å². The number of anilines is 1. The van der Waals surface area contributed by atoms with Gasteiger partial charge in [0, 0.05) is 34.2 Å². The van der Waals surface area contributed by atoms with E-state index in [0.29, 0.717) is 0 Å². The van der Waals surface area contributed by atoms with Crippen LogP contribution in [-0.2, 0) is 17.8 Å². The Morgan fingerprint density at radius 3 is 3.00 bits per heavy atom. The van der Waals surface area contributed by atoms with E-state index in [2.05, 4.69) is 38.3 Å². The Labute approximate surface area is 135 Å². The van der Waals surface area contributed by atoms with E-state index in [-0.39, 0.29) is 0 Å². The molecule has 5 heteroatoms. The summed E-state index contributed by atoms with van der Waals surface area (Å²) in [6.07, 6.45) is 3.84. The van der Waals surface area contributed by atoms with Crippen LogP contribution in [0.15, 0.2) is 40.2 Å². The van der Waals surface area contributed by atoms with Crippen LogP contribution in [-0.4, -0.2) is 17.6 Å². The maximum absolute atomic E-state index is 10.6. The molecule has 2 heterocycles. The first kappa shape index (κ1) is 14.4. The van der Waals surface area contributed by atoms with Crippen molar-refractivity contribution in [2.24, 2.45) is 0 Å². The van der Waals surface area contributed by atoms with Crippen LogP contribution >= 0.6 is 27.3 Å². The average Bonchev–Trinajstić information content (AvgIpc) is 2.93. The van der Waals surface area contributed by atoms with Gasteiger partial charge in [-0.2, -0.15) is 0 Å². The van der Waals surface area contributed by atoms with Gasteiger partial charge in [0.1, 0.15) is 0 Å². The van der Waals surface area contributed by atoms with Crippen molar-refractivity contribution in [1.82, 2.24) is 0 Å². The van der Waals surface area contributed by atoms with Crippen molar-refractivity contribution < 1.29 is 9.90 Å². The average molecular weight is 364 g/mol. The zero-order valence-electron chi connectivity index (χ0n) is 11.3. The van der Waals surface area contributed by atoms with Gasteiger partial charge in [-0.15, -0.1) is 11.3 Å². The number of carboxylic acid groups (broad SMARTS) is 1. The first-order valence-corrected chi connectivity index (χ1v) is 8.31. The van der Waals surface area contributed by atoms with Crippen LogP contribution in [0.2, 0.25) is 0 Å². The van der Waals surface area contributed by atoms with Crippen LogP contribution in [0.5, 0.6) is 0 Å². The molecule has 0 radical (unpaired) electrons. The normalized spacial score (nSPS) is 14.4. The molecule has 0 atom stereocenters. The van der Waals surface area contributed by atoms with Gasteiger partial charge in [-0.05, 0) is 47.2 Å². The Balaban J connectivity index is 1.81. The Kier molecular flexibility index (Phi) is 4.12. The maximum atomic E-state index is 10.6. The minimum atomic E-state index is -0.938. The lowest BCUT2D eigenvalue weighted by atomic mass is 10.1. The molecular weight excluding hydrogens is 350 g/mol. The number of thiophene rings is 1. The molecule has 1 N–H and O–H groups in total. The molecule has 0 bridgehead atoms. The lowest BCUT2D eigenvalue weighted by Gasteiger charge is -2.29. The fourth-order valence-electron chi connectivity index (χ4n) is 2.48. The molecule has 108 valence electrons. The minimum absolute atomic E-state index is 0.870. The number of nitrogens with zero attached hydrogens (tertiary/aromatic N) is 1. The van der Waals surface area contributed by atoms with Crippen molar-refractivity contribution in [3.05, 3.63) is 56.2 Å². The predicted octanol–water partition coefficient (Wildman–Crippen LogP) is 4.17. The quantitative estimate of drug-likeness (QED) is 0.831. The molecule has 0 saturated carbocycles. The molecule has 0 aliphatic carbocycles. The molecule has 2 aromatic rings. The first-order chi connectivity index (χ1) is 10.1. The predicted molar refractivity (Wildman–Crippen MR) is 89.9 cm³/mol. The summed E-state index contributed by atoms with van der Waals surface area (Å²) in [5, 5.41) is 10.8. The van der Waals surface area contributed by atoms with Crippen molar-refractivity contribution in [3.8, 4) is 0 Å². The Bertz CT molecular complexity index is 708. The van der Waals surface area contributed by atoms with E-state index < -0.39 is 5.97 Å². The second-order valence-corrected chi connectivity index (χ2v) is 6.77. The van der Waals surface area contributed by atoms with Gasteiger partial charge >= 0.3 is 5.97 Å². The molecule has 3 rings (SSSR count). The van der Waals surface area contributed by atoms with Crippen LogP contribution in [0.4, 0.5) is 5.69 Å². The van der Waals surface area contributed by atoms with Gasteiger partial charge in [0.2, 0.25) is 0 Å². The molecule has 0 spiro atoms. The monoisotopic (exact) mass is 363 g/mol. The van der Waals surface area contributed by atoms with E-state index >= 15 is 0 Å². The Morgan fingerprint density at radius 1 is 1.38 bits per heavy atom. The highest BCUT2D eigenvalue weighted by atomic mass is 79.9. The Morgan fingerprint density at radius 2 is 2.24 bits per heavy atom. The fraction of sp³-hybridized carbons (Fsp3) is 0.188. The number of hydrogen-bond acceptors (Lipinski definition) is 3. The van der Waals surface area contributed by atoms with Crippen LogP contribution in [0.1, 0.15) is 16.0 Å². The number of carboxylic acids is 1. The number of aliphatic carboxylic acids is 1. The van der Waals surface area contributed by atoms with Crippen LogP contribution in [0, 0.1) is 0 Å². The van der Waals surface area contributed by atoms with Gasteiger partial charge < -0.3 is 10.0 Å². The molecule has 0 saturated heterocycles. The topological polar surface area (TPSA) is 40.5 Å². The molecule has 1 aliphatic heterocycles. The number of benzene rings is 1. The highest BCUT2D eigenvalue weighted by molar-refractivity contribution is 9.10. The molecule has 0 amide bonds. The summed E-state index contributed by atoms with van der Waals surface area (Å²) in [5.41, 5.74) is 3.44. The second-order valence-electron chi connectivity index (χ2n) is 4.92. The smallest absolute Gasteiger partial charge is 0.328 e. The van der Waals surface area contributed by atoms with Gasteiger partial charge in [-0.25, -0.2) is 4.79 Å². The number of fused-ring (bicyclic) bond motifs is 1. The van der Waals surface area contributed by atoms with Crippen molar-refractivity contribution >= 4 is 45.0 Å². The highest BCUT2D eigenvalue weighted by Crippen LogP contribution is 2.30. The minimum Gasteiger partial charge on any atom is -0.478 e. The van der Waals surface area contributed by atoms with Crippen molar-refractivity contribution in [3.63, 3.8) is 0 Å². The first-order valence-electron chi connectivity index (χ1n) is 6.64. The van der Waals surface area contributed by atoms with Gasteiger partial charge in [-0.1, -0.05) is 22.0 Å². The summed E-state index contributed by atoms with van der Waals surface area (Å²) in [5.74, 6) is -0.938. The summed E-state index contributed by atoms with van der Waals surface area (Å²) in [7, 11) is 0. The molecule has 0 unspecified atom stereocenters. The third-order valence-electron chi connectivity index (χ3n) is 3.56. The summed E-state index contributed by atoms with van der Waals surface area (Å²) < 4.78 is 0.911. The second kappa shape index (κ2) is 6.03. The molecule has 1 aliphatic rings. The van der Waals surface area contributed by atoms with Gasteiger partial charge in [0.05, 0.1) is 0 Å². The van der Waals surface area contributed by atoms with Crippen LogP contribution in [0.25, 0.3) is 6.08 Å². The SMILES string of the molecule is O=C(O)/C=C/c1ccc(N2CCc3sccc3C2)cc1Br. The van der Waals surface area contributed by atoms with E-state index in [1.807, 2.05) is 23.5 Å². The molecule has 21 heavy (non-hydrogen) atoms. The molecule has 3 nitrogen and oxygen atoms in total. The summed E-state index contributed by atoms with van der Waals surface area (Å²) in [4.78, 5) is 14.4. The zero-order chi connectivity index (χ0) is 14.8. The number of rotatable bonds is 3. The molecule has 0 fully saturated rings. The summed E-state index contributed by atoms with van der Waals surface area (Å²) in [6, 6.07) is 8.25. The third-order valence-corrected chi connectivity index (χ3v) is 5.27. The lowest BCUT2D eigenvalue weighted by molar-refractivity contribution is -0.131. The van der Waals surface area contributed by atoms with Crippen LogP contribution in [0.3, 0.4) is 0 Å². The molecule has 1 aromatic carbocycles. The number of carbonyl (C=O) groups is 1. The van der Waals surface area contributed by atoms with Crippen molar-refractivity contribution in [1.29, 1.82) is 0 Å². The van der Waals surface area contributed by atoms with E-state index in [9.17, 15) is 4.79 Å². The van der Waals surface area contributed by atoms with Crippen molar-refractivity contribution in [2.75, 3.05) is 11.4 Å². The standard InChI is InChI=1S/C16H14BrNO2S/c17-14-9-13(3-1-11(14)2-4-16(19)20)18-7-5-15-12(10-18)6-8-21-15/h1-4,6,8-9H,5,7,10H2,(H,19,20)/b4-2+. The maximum Gasteiger partial charge on any atom is 0.328 e. The third kappa shape index (κ3) is 3.19. The van der Waals surface area contributed by atoms with Crippen LogP contribution < -0.4 is 4.90 Å². The molecular formula is C16H14BrNO2S. The summed E-state index contributed by atoms with van der Waals surface area (Å²) >= 11 is 5.36. The largest absolute Gasteiger partial charge is 0.478 e.